The van der Waals surface area contributed by atoms with Crippen molar-refractivity contribution in [3.8, 4) is 0 Å². The van der Waals surface area contributed by atoms with Crippen molar-refractivity contribution in [2.24, 2.45) is 0 Å². The molecule has 0 bridgehead atoms. The van der Waals surface area contributed by atoms with Crippen LogP contribution in [0.4, 0.5) is 11.4 Å². The van der Waals surface area contributed by atoms with Crippen molar-refractivity contribution in [2.75, 3.05) is 31.1 Å². The maximum atomic E-state index is 12.7. The van der Waals surface area contributed by atoms with E-state index in [4.69, 9.17) is 0 Å². The molecule has 0 saturated carbocycles. The van der Waals surface area contributed by atoms with Gasteiger partial charge in [-0.3, -0.25) is 29.3 Å². The number of amides is 1. The van der Waals surface area contributed by atoms with Gasteiger partial charge in [0.05, 0.1) is 15.8 Å². The molecule has 160 valence electrons. The van der Waals surface area contributed by atoms with Crippen molar-refractivity contribution < 1.29 is 9.72 Å². The summed E-state index contributed by atoms with van der Waals surface area (Å²) in [7, 11) is 0. The molecular formula is C21H21N5O5. The average molecular weight is 423 g/mol. The molecule has 10 heteroatoms. The van der Waals surface area contributed by atoms with Crippen LogP contribution in [0.15, 0.2) is 58.1 Å². The van der Waals surface area contributed by atoms with Gasteiger partial charge in [-0.15, -0.1) is 0 Å². The Hall–Kier alpha value is -3.95. The van der Waals surface area contributed by atoms with Gasteiger partial charge in [-0.05, 0) is 18.2 Å². The maximum absolute atomic E-state index is 12.7. The highest BCUT2D eigenvalue weighted by molar-refractivity contribution is 5.79. The molecular weight excluding hydrogens is 402 g/mol. The molecule has 1 amide bonds. The number of non-ortho nitro benzene ring substituents is 1. The lowest BCUT2D eigenvalue weighted by Crippen LogP contribution is -2.49. The van der Waals surface area contributed by atoms with Gasteiger partial charge in [0.2, 0.25) is 5.91 Å². The third-order valence-corrected chi connectivity index (χ3v) is 5.49. The molecule has 3 aromatic rings. The number of aromatic nitrogens is 2. The smallest absolute Gasteiger partial charge is 0.328 e. The lowest BCUT2D eigenvalue weighted by atomic mass is 10.2. The highest BCUT2D eigenvalue weighted by Gasteiger charge is 2.22. The number of anilines is 1. The summed E-state index contributed by atoms with van der Waals surface area (Å²) in [5.74, 6) is -0.0825. The maximum Gasteiger partial charge on any atom is 0.328 e. The van der Waals surface area contributed by atoms with Gasteiger partial charge in [-0.1, -0.05) is 18.2 Å². The van der Waals surface area contributed by atoms with Gasteiger partial charge in [0.25, 0.3) is 11.2 Å². The number of aryl methyl sites for hydroxylation is 1. The number of nitrogens with zero attached hydrogens (tertiary/aromatic N) is 4. The number of aromatic amines is 1. The Balaban J connectivity index is 1.40. The Morgan fingerprint density at radius 3 is 2.52 bits per heavy atom. The number of nitro benzene ring substituents is 1. The van der Waals surface area contributed by atoms with Crippen LogP contribution in [-0.4, -0.2) is 51.5 Å². The number of hydrogen-bond donors (Lipinski definition) is 1. The lowest BCUT2D eigenvalue weighted by molar-refractivity contribution is -0.384. The Morgan fingerprint density at radius 2 is 1.77 bits per heavy atom. The minimum Gasteiger partial charge on any atom is -0.368 e. The fourth-order valence-electron chi connectivity index (χ4n) is 3.85. The number of hydrogen-bond acceptors (Lipinski definition) is 6. The van der Waals surface area contributed by atoms with Crippen molar-refractivity contribution in [1.29, 1.82) is 0 Å². The molecule has 1 aliphatic heterocycles. The van der Waals surface area contributed by atoms with Crippen molar-refractivity contribution >= 4 is 28.2 Å². The number of piperazine rings is 1. The summed E-state index contributed by atoms with van der Waals surface area (Å²) in [4.78, 5) is 53.5. The highest BCUT2D eigenvalue weighted by atomic mass is 16.6. The summed E-state index contributed by atoms with van der Waals surface area (Å²) in [6.07, 6.45) is 0.132. The first kappa shape index (κ1) is 20.3. The fourth-order valence-corrected chi connectivity index (χ4v) is 3.85. The van der Waals surface area contributed by atoms with Crippen molar-refractivity contribution in [1.82, 2.24) is 14.5 Å². The Morgan fingerprint density at radius 1 is 1.03 bits per heavy atom. The minimum absolute atomic E-state index is 0.0366. The van der Waals surface area contributed by atoms with Crippen LogP contribution in [0.25, 0.3) is 10.9 Å². The Kier molecular flexibility index (Phi) is 5.52. The highest BCUT2D eigenvalue weighted by Crippen LogP contribution is 2.22. The van der Waals surface area contributed by atoms with Gasteiger partial charge in [0.1, 0.15) is 0 Å². The van der Waals surface area contributed by atoms with Crippen LogP contribution in [-0.2, 0) is 11.3 Å². The predicted molar refractivity (Wildman–Crippen MR) is 115 cm³/mol. The van der Waals surface area contributed by atoms with Gasteiger partial charge in [-0.25, -0.2) is 4.79 Å². The second kappa shape index (κ2) is 8.42. The zero-order valence-electron chi connectivity index (χ0n) is 16.7. The minimum atomic E-state index is -0.535. The molecule has 31 heavy (non-hydrogen) atoms. The summed E-state index contributed by atoms with van der Waals surface area (Å²) in [5.41, 5.74) is 0.314. The summed E-state index contributed by atoms with van der Waals surface area (Å²) in [6, 6.07) is 13.2. The normalized spacial score (nSPS) is 14.1. The molecule has 1 fully saturated rings. The van der Waals surface area contributed by atoms with Gasteiger partial charge < -0.3 is 9.80 Å². The van der Waals surface area contributed by atoms with Crippen LogP contribution < -0.4 is 16.1 Å². The van der Waals surface area contributed by atoms with Gasteiger partial charge >= 0.3 is 5.69 Å². The van der Waals surface area contributed by atoms with Crippen LogP contribution in [0.1, 0.15) is 6.42 Å². The third-order valence-electron chi connectivity index (χ3n) is 5.49. The monoisotopic (exact) mass is 423 g/mol. The number of carbonyl (C=O) groups is 1. The molecule has 10 nitrogen and oxygen atoms in total. The molecule has 1 N–H and O–H groups in total. The summed E-state index contributed by atoms with van der Waals surface area (Å²) in [6.45, 7) is 2.27. The number of nitro groups is 1. The molecule has 0 spiro atoms. The zero-order chi connectivity index (χ0) is 22.0. The summed E-state index contributed by atoms with van der Waals surface area (Å²) >= 11 is 0. The van der Waals surface area contributed by atoms with E-state index in [0.717, 1.165) is 5.69 Å². The van der Waals surface area contributed by atoms with Gasteiger partial charge in [-0.2, -0.15) is 0 Å². The number of rotatable bonds is 5. The standard InChI is InChI=1S/C21H21N5O5/c27-19(8-9-25-18-7-2-1-6-17(18)20(28)22-21(25)29)24-12-10-23(11-13-24)15-4-3-5-16(14-15)26(30)31/h1-7,14H,8-13H2,(H,22,28,29). The van der Waals surface area contributed by atoms with Crippen LogP contribution in [0, 0.1) is 10.1 Å². The molecule has 0 atom stereocenters. The van der Waals surface area contributed by atoms with E-state index < -0.39 is 16.2 Å². The molecule has 2 heterocycles. The zero-order valence-corrected chi connectivity index (χ0v) is 16.7. The number of H-pyrrole nitrogens is 1. The Bertz CT molecular complexity index is 1260. The van der Waals surface area contributed by atoms with E-state index in [9.17, 15) is 24.5 Å². The number of carbonyl (C=O) groups excluding carboxylic acids is 1. The third kappa shape index (κ3) is 4.18. The van der Waals surface area contributed by atoms with Crippen molar-refractivity contribution in [2.45, 2.75) is 13.0 Å². The van der Waals surface area contributed by atoms with Crippen molar-refractivity contribution in [3.63, 3.8) is 0 Å². The van der Waals surface area contributed by atoms with Crippen LogP contribution in [0.5, 0.6) is 0 Å². The summed E-state index contributed by atoms with van der Waals surface area (Å²) < 4.78 is 1.41. The second-order valence-electron chi connectivity index (χ2n) is 7.32. The Labute approximate surface area is 176 Å². The number of fused-ring (bicyclic) bond motifs is 1. The van der Waals surface area contributed by atoms with Crippen LogP contribution in [0.3, 0.4) is 0 Å². The van der Waals surface area contributed by atoms with Gasteiger partial charge in [0.15, 0.2) is 0 Å². The first-order valence-electron chi connectivity index (χ1n) is 9.93. The molecule has 0 unspecified atom stereocenters. The van der Waals surface area contributed by atoms with E-state index in [1.165, 1.54) is 16.7 Å². The van der Waals surface area contributed by atoms with E-state index >= 15 is 0 Å². The molecule has 4 rings (SSSR count). The lowest BCUT2D eigenvalue weighted by Gasteiger charge is -2.36. The molecule has 2 aromatic carbocycles. The number of benzene rings is 2. The molecule has 0 aliphatic carbocycles. The number of nitrogens with one attached hydrogen (secondary N) is 1. The quantitative estimate of drug-likeness (QED) is 0.488. The SMILES string of the molecule is O=C(CCn1c(=O)[nH]c(=O)c2ccccc21)N1CCN(c2cccc([N+](=O)[O-])c2)CC1. The second-order valence-corrected chi connectivity index (χ2v) is 7.32. The molecule has 1 saturated heterocycles. The van der Waals surface area contributed by atoms with E-state index in [2.05, 4.69) is 4.98 Å². The topological polar surface area (TPSA) is 122 Å². The fraction of sp³-hybridized carbons (Fsp3) is 0.286. The molecule has 1 aliphatic rings. The average Bonchev–Trinajstić information content (AvgIpc) is 2.79. The van der Waals surface area contributed by atoms with Crippen LogP contribution >= 0.6 is 0 Å². The van der Waals surface area contributed by atoms with Gasteiger partial charge in [0, 0.05) is 57.0 Å². The molecule has 0 radical (unpaired) electrons. The molecule has 1 aromatic heterocycles. The van der Waals surface area contributed by atoms with Crippen molar-refractivity contribution in [3.05, 3.63) is 79.5 Å². The van der Waals surface area contributed by atoms with E-state index in [1.807, 2.05) is 11.0 Å². The van der Waals surface area contributed by atoms with Crippen LogP contribution in [0.2, 0.25) is 0 Å². The predicted octanol–water partition coefficient (Wildman–Crippen LogP) is 1.34. The number of para-hydroxylation sites is 1. The first-order valence-corrected chi connectivity index (χ1v) is 9.93. The van der Waals surface area contributed by atoms with E-state index in [-0.39, 0.29) is 24.6 Å². The van der Waals surface area contributed by atoms with E-state index in [1.54, 1.807) is 35.2 Å². The summed E-state index contributed by atoms with van der Waals surface area (Å²) in [5, 5.41) is 11.4. The largest absolute Gasteiger partial charge is 0.368 e. The van der Waals surface area contributed by atoms with E-state index in [0.29, 0.717) is 37.1 Å². The first-order chi connectivity index (χ1) is 14.9.